The molecule has 32 heavy (non-hydrogen) atoms. The van der Waals surface area contributed by atoms with Crippen LogP contribution in [0, 0.1) is 5.92 Å². The van der Waals surface area contributed by atoms with Gasteiger partial charge in [-0.15, -0.1) is 0 Å². The van der Waals surface area contributed by atoms with Gasteiger partial charge >= 0.3 is 5.97 Å². The molecule has 0 radical (unpaired) electrons. The first-order valence-electron chi connectivity index (χ1n) is 10.2. The lowest BCUT2D eigenvalue weighted by molar-refractivity contribution is -0.148. The number of hydrogen-bond acceptors (Lipinski definition) is 5. The molecule has 2 amide bonds. The molecule has 1 aromatic carbocycles. The Kier molecular flexibility index (Phi) is 5.77. The van der Waals surface area contributed by atoms with E-state index in [1.807, 2.05) is 31.4 Å². The summed E-state index contributed by atoms with van der Waals surface area (Å²) in [6, 6.07) is 9.90. The summed E-state index contributed by atoms with van der Waals surface area (Å²) in [4.78, 5) is 42.4. The highest BCUT2D eigenvalue weighted by Crippen LogP contribution is 2.26. The van der Waals surface area contributed by atoms with Crippen LogP contribution in [0.25, 0.3) is 17.0 Å². The number of carbonyl (C=O) groups is 3. The Morgan fingerprint density at radius 3 is 2.91 bits per heavy atom. The van der Waals surface area contributed by atoms with Crippen LogP contribution in [-0.4, -0.2) is 46.4 Å². The summed E-state index contributed by atoms with van der Waals surface area (Å²) in [5, 5.41) is 3.75. The third-order valence-electron chi connectivity index (χ3n) is 5.64. The molecule has 1 aliphatic heterocycles. The Morgan fingerprint density at radius 1 is 1.34 bits per heavy atom. The number of nitrogens with zero attached hydrogens (tertiary/aromatic N) is 3. The highest BCUT2D eigenvalue weighted by Gasteiger charge is 2.33. The van der Waals surface area contributed by atoms with E-state index in [2.05, 4.69) is 27.0 Å². The van der Waals surface area contributed by atoms with Crippen LogP contribution in [0.4, 0.5) is 5.82 Å². The number of carbonyl (C=O) groups excluding carboxylic acids is 3. The second-order valence-corrected chi connectivity index (χ2v) is 7.86. The van der Waals surface area contributed by atoms with Gasteiger partial charge in [-0.3, -0.25) is 14.4 Å². The fourth-order valence-electron chi connectivity index (χ4n) is 3.92. The molecule has 0 fully saturated rings. The Balaban J connectivity index is 1.46. The normalized spacial score (nSPS) is 15.5. The van der Waals surface area contributed by atoms with E-state index in [9.17, 15) is 14.4 Å². The number of pyridine rings is 1. The molecule has 2 aromatic heterocycles. The number of likely N-dealkylation sites (N-methyl/N-ethyl adjacent to an activating group) is 1. The molecular formula is C24H24N4O4. The van der Waals surface area contributed by atoms with E-state index in [0.29, 0.717) is 17.9 Å². The topological polar surface area (TPSA) is 93.5 Å². The van der Waals surface area contributed by atoms with Gasteiger partial charge in [0.1, 0.15) is 11.7 Å². The van der Waals surface area contributed by atoms with Crippen molar-refractivity contribution in [3.63, 3.8) is 0 Å². The maximum absolute atomic E-state index is 12.7. The maximum atomic E-state index is 12.7. The first-order chi connectivity index (χ1) is 15.4. The van der Waals surface area contributed by atoms with E-state index in [1.165, 1.54) is 13.2 Å². The van der Waals surface area contributed by atoms with Crippen molar-refractivity contribution in [3.05, 3.63) is 65.5 Å². The van der Waals surface area contributed by atoms with Gasteiger partial charge in [-0.25, -0.2) is 4.98 Å². The van der Waals surface area contributed by atoms with E-state index in [1.54, 1.807) is 24.2 Å². The third-order valence-corrected chi connectivity index (χ3v) is 5.64. The molecular weight excluding hydrogens is 408 g/mol. The minimum Gasteiger partial charge on any atom is -0.468 e. The summed E-state index contributed by atoms with van der Waals surface area (Å²) in [5.74, 6) is -1.63. The van der Waals surface area contributed by atoms with Crippen molar-refractivity contribution >= 4 is 40.6 Å². The molecule has 0 spiro atoms. The second kappa shape index (κ2) is 8.66. The average Bonchev–Trinajstić information content (AvgIpc) is 3.11. The number of amides is 2. The number of anilines is 1. The van der Waals surface area contributed by atoms with Crippen molar-refractivity contribution in [2.45, 2.75) is 13.0 Å². The number of esters is 1. The monoisotopic (exact) mass is 432 g/mol. The Morgan fingerprint density at radius 2 is 2.12 bits per heavy atom. The molecule has 1 N–H and O–H groups in total. The van der Waals surface area contributed by atoms with Crippen molar-refractivity contribution < 1.29 is 19.1 Å². The molecule has 3 heterocycles. The van der Waals surface area contributed by atoms with Gasteiger partial charge in [0.2, 0.25) is 11.8 Å². The number of aryl methyl sites for hydroxylation is 1. The largest absolute Gasteiger partial charge is 0.468 e. The van der Waals surface area contributed by atoms with Crippen LogP contribution in [0.5, 0.6) is 0 Å². The number of para-hydroxylation sites is 1. The van der Waals surface area contributed by atoms with Crippen molar-refractivity contribution in [2.75, 3.05) is 19.5 Å². The van der Waals surface area contributed by atoms with Gasteiger partial charge in [0.25, 0.3) is 0 Å². The Bertz CT molecular complexity index is 1240. The van der Waals surface area contributed by atoms with Crippen LogP contribution in [0.3, 0.4) is 0 Å². The highest BCUT2D eigenvalue weighted by molar-refractivity contribution is 6.06. The van der Waals surface area contributed by atoms with E-state index in [4.69, 9.17) is 4.74 Å². The van der Waals surface area contributed by atoms with Crippen LogP contribution in [0.15, 0.2) is 48.8 Å². The Hall–Kier alpha value is -3.94. The van der Waals surface area contributed by atoms with Crippen molar-refractivity contribution in [2.24, 2.45) is 13.0 Å². The molecule has 1 unspecified atom stereocenters. The van der Waals surface area contributed by atoms with Gasteiger partial charge in [0, 0.05) is 50.0 Å². The Labute approximate surface area is 185 Å². The zero-order valence-electron chi connectivity index (χ0n) is 18.2. The summed E-state index contributed by atoms with van der Waals surface area (Å²) in [6.45, 7) is 0.486. The number of ether oxygens (including phenoxy) is 1. The van der Waals surface area contributed by atoms with Gasteiger partial charge in [-0.1, -0.05) is 18.2 Å². The summed E-state index contributed by atoms with van der Waals surface area (Å²) in [6.07, 6.45) is 6.99. The number of benzene rings is 1. The average molecular weight is 432 g/mol. The minimum absolute atomic E-state index is 0.142. The quantitative estimate of drug-likeness (QED) is 0.380. The van der Waals surface area contributed by atoms with Gasteiger partial charge in [-0.2, -0.15) is 0 Å². The molecule has 164 valence electrons. The second-order valence-electron chi connectivity index (χ2n) is 7.86. The lowest BCUT2D eigenvalue weighted by Crippen LogP contribution is -2.36. The van der Waals surface area contributed by atoms with Gasteiger partial charge in [0.05, 0.1) is 7.11 Å². The molecule has 3 aromatic rings. The SMILES string of the molecule is COC(=O)C1Cc2cc(/C=C/C(=O)N(C)Cc3cn(C)c4ccccc34)cnc2NC1=O. The van der Waals surface area contributed by atoms with Gasteiger partial charge in [-0.05, 0) is 41.3 Å². The van der Waals surface area contributed by atoms with Crippen molar-refractivity contribution in [1.82, 2.24) is 14.5 Å². The van der Waals surface area contributed by atoms with Crippen LogP contribution >= 0.6 is 0 Å². The molecule has 0 saturated heterocycles. The zero-order valence-corrected chi connectivity index (χ0v) is 18.2. The lowest BCUT2D eigenvalue weighted by atomic mass is 9.94. The molecule has 1 aliphatic rings. The number of nitrogens with one attached hydrogen (secondary N) is 1. The van der Waals surface area contributed by atoms with Gasteiger partial charge < -0.3 is 19.5 Å². The third kappa shape index (κ3) is 4.12. The first-order valence-corrected chi connectivity index (χ1v) is 10.2. The predicted molar refractivity (Wildman–Crippen MR) is 121 cm³/mol. The van der Waals surface area contributed by atoms with Gasteiger partial charge in [0.15, 0.2) is 0 Å². The first kappa shape index (κ1) is 21.3. The molecule has 0 saturated carbocycles. The predicted octanol–water partition coefficient (Wildman–Crippen LogP) is 2.53. The van der Waals surface area contributed by atoms with E-state index < -0.39 is 17.8 Å². The lowest BCUT2D eigenvalue weighted by Gasteiger charge is -2.22. The summed E-state index contributed by atoms with van der Waals surface area (Å²) in [5.41, 5.74) is 3.62. The standard InChI is InChI=1S/C24H24N4O4/c1-27-13-17(18-6-4-5-7-20(18)27)14-28(2)21(29)9-8-15-10-16-11-19(24(31)32-3)23(30)26-22(16)25-12-15/h4-10,12-13,19H,11,14H2,1-3H3,(H,25,26,30)/b9-8+. The van der Waals surface area contributed by atoms with E-state index in [-0.39, 0.29) is 12.3 Å². The summed E-state index contributed by atoms with van der Waals surface area (Å²) < 4.78 is 6.76. The molecule has 0 aliphatic carbocycles. The van der Waals surface area contributed by atoms with Crippen molar-refractivity contribution in [1.29, 1.82) is 0 Å². The minimum atomic E-state index is -0.901. The van der Waals surface area contributed by atoms with Crippen LogP contribution in [0.2, 0.25) is 0 Å². The molecule has 8 heteroatoms. The molecule has 1 atom stereocenters. The smallest absolute Gasteiger partial charge is 0.318 e. The number of hydrogen-bond donors (Lipinski definition) is 1. The van der Waals surface area contributed by atoms with Crippen LogP contribution in [0.1, 0.15) is 16.7 Å². The van der Waals surface area contributed by atoms with Crippen LogP contribution in [-0.2, 0) is 39.1 Å². The molecule has 8 nitrogen and oxygen atoms in total. The molecule has 0 bridgehead atoms. The fourth-order valence-corrected chi connectivity index (χ4v) is 3.92. The van der Waals surface area contributed by atoms with E-state index in [0.717, 1.165) is 22.0 Å². The van der Waals surface area contributed by atoms with Crippen LogP contribution < -0.4 is 5.32 Å². The maximum Gasteiger partial charge on any atom is 0.318 e. The fraction of sp³-hybridized carbons (Fsp3) is 0.250. The number of fused-ring (bicyclic) bond motifs is 2. The molecule has 4 rings (SSSR count). The highest BCUT2D eigenvalue weighted by atomic mass is 16.5. The summed E-state index contributed by atoms with van der Waals surface area (Å²) in [7, 11) is 5.00. The number of aromatic nitrogens is 2. The summed E-state index contributed by atoms with van der Waals surface area (Å²) >= 11 is 0. The van der Waals surface area contributed by atoms with Crippen molar-refractivity contribution in [3.8, 4) is 0 Å². The number of methoxy groups -OCH3 is 1. The van der Waals surface area contributed by atoms with E-state index >= 15 is 0 Å². The zero-order chi connectivity index (χ0) is 22.8. The number of rotatable bonds is 5.